The molecule has 0 saturated carbocycles. The first-order chi connectivity index (χ1) is 10.4. The second-order valence-electron chi connectivity index (χ2n) is 6.51. The molecule has 0 radical (unpaired) electrons. The summed E-state index contributed by atoms with van der Waals surface area (Å²) in [7, 11) is 0. The zero-order valence-electron chi connectivity index (χ0n) is 13.6. The Morgan fingerprint density at radius 2 is 1.68 bits per heavy atom. The number of carbonyl (C=O) groups excluding carboxylic acids is 1. The summed E-state index contributed by atoms with van der Waals surface area (Å²) >= 11 is 0. The lowest BCUT2D eigenvalue weighted by Gasteiger charge is -2.41. The molecular weight excluding hydrogens is 270 g/mol. The fourth-order valence-corrected chi connectivity index (χ4v) is 3.22. The molecule has 1 aliphatic rings. The largest absolute Gasteiger partial charge is 0.299 e. The van der Waals surface area contributed by atoms with E-state index >= 15 is 0 Å². The van der Waals surface area contributed by atoms with Gasteiger partial charge in [0.15, 0.2) is 0 Å². The fourth-order valence-electron chi connectivity index (χ4n) is 3.22. The Morgan fingerprint density at radius 1 is 1.00 bits per heavy atom. The maximum absolute atomic E-state index is 13.1. The summed E-state index contributed by atoms with van der Waals surface area (Å²) in [5.41, 5.74) is 4.88. The SMILES string of the molecule is CC1=CC(C)(C)N(C(=O)c2ccccc2)c2cc(C)ccc21. The topological polar surface area (TPSA) is 20.3 Å². The summed E-state index contributed by atoms with van der Waals surface area (Å²) in [4.78, 5) is 15.0. The van der Waals surface area contributed by atoms with Gasteiger partial charge in [-0.1, -0.05) is 36.4 Å². The highest BCUT2D eigenvalue weighted by molar-refractivity contribution is 6.09. The molecule has 0 N–H and O–H groups in total. The van der Waals surface area contributed by atoms with Crippen LogP contribution >= 0.6 is 0 Å². The minimum atomic E-state index is -0.349. The molecule has 22 heavy (non-hydrogen) atoms. The van der Waals surface area contributed by atoms with Crippen LogP contribution in [0.5, 0.6) is 0 Å². The number of anilines is 1. The summed E-state index contributed by atoms with van der Waals surface area (Å²) in [5, 5.41) is 0. The summed E-state index contributed by atoms with van der Waals surface area (Å²) in [6, 6.07) is 15.8. The minimum Gasteiger partial charge on any atom is -0.299 e. The second kappa shape index (κ2) is 5.13. The van der Waals surface area contributed by atoms with Gasteiger partial charge in [0.25, 0.3) is 5.91 Å². The number of hydrogen-bond donors (Lipinski definition) is 0. The van der Waals surface area contributed by atoms with Crippen LogP contribution < -0.4 is 4.90 Å². The van der Waals surface area contributed by atoms with Crippen LogP contribution in [-0.4, -0.2) is 11.4 Å². The van der Waals surface area contributed by atoms with E-state index in [1.807, 2.05) is 35.2 Å². The van der Waals surface area contributed by atoms with E-state index < -0.39 is 0 Å². The van der Waals surface area contributed by atoms with E-state index in [1.54, 1.807) is 0 Å². The molecule has 1 heterocycles. The second-order valence-corrected chi connectivity index (χ2v) is 6.51. The van der Waals surface area contributed by atoms with E-state index in [0.717, 1.165) is 22.4 Å². The third-order valence-electron chi connectivity index (χ3n) is 4.19. The van der Waals surface area contributed by atoms with Crippen molar-refractivity contribution in [3.05, 3.63) is 71.3 Å². The molecular formula is C20H21NO. The van der Waals surface area contributed by atoms with Crippen molar-refractivity contribution in [2.24, 2.45) is 0 Å². The zero-order valence-corrected chi connectivity index (χ0v) is 13.6. The van der Waals surface area contributed by atoms with E-state index in [2.05, 4.69) is 52.0 Å². The van der Waals surface area contributed by atoms with E-state index in [1.165, 1.54) is 5.57 Å². The number of aryl methyl sites for hydroxylation is 1. The van der Waals surface area contributed by atoms with E-state index in [9.17, 15) is 4.79 Å². The molecule has 2 nitrogen and oxygen atoms in total. The van der Waals surface area contributed by atoms with Gasteiger partial charge in [-0.3, -0.25) is 9.69 Å². The Balaban J connectivity index is 2.18. The summed E-state index contributed by atoms with van der Waals surface area (Å²) in [6.45, 7) is 8.34. The highest BCUT2D eigenvalue weighted by Crippen LogP contribution is 2.40. The van der Waals surface area contributed by atoms with Crippen molar-refractivity contribution in [1.82, 2.24) is 0 Å². The lowest BCUT2D eigenvalue weighted by molar-refractivity contribution is 0.0970. The van der Waals surface area contributed by atoms with Gasteiger partial charge in [-0.05, 0) is 57.0 Å². The summed E-state index contributed by atoms with van der Waals surface area (Å²) in [5.74, 6) is 0.0428. The number of rotatable bonds is 1. The Bertz CT molecular complexity index is 757. The molecule has 2 heteroatoms. The third-order valence-corrected chi connectivity index (χ3v) is 4.19. The third kappa shape index (κ3) is 2.35. The van der Waals surface area contributed by atoms with Crippen LogP contribution in [0.4, 0.5) is 5.69 Å². The molecule has 1 amide bonds. The molecule has 0 fully saturated rings. The molecule has 2 aromatic rings. The van der Waals surface area contributed by atoms with Crippen LogP contribution in [0.15, 0.2) is 54.6 Å². The Morgan fingerprint density at radius 3 is 2.36 bits per heavy atom. The van der Waals surface area contributed by atoms with E-state index in [4.69, 9.17) is 0 Å². The first kappa shape index (κ1) is 14.6. The van der Waals surface area contributed by atoms with Crippen molar-refractivity contribution in [2.45, 2.75) is 33.2 Å². The standard InChI is InChI=1S/C20H21NO/c1-14-10-11-17-15(2)13-20(3,4)21(18(17)12-14)19(22)16-8-6-5-7-9-16/h5-13H,1-4H3. The lowest BCUT2D eigenvalue weighted by Crippen LogP contribution is -2.49. The van der Waals surface area contributed by atoms with Crippen molar-refractivity contribution in [3.8, 4) is 0 Å². The molecule has 0 atom stereocenters. The minimum absolute atomic E-state index is 0.0428. The lowest BCUT2D eigenvalue weighted by atomic mass is 9.87. The zero-order chi connectivity index (χ0) is 15.9. The number of hydrogen-bond acceptors (Lipinski definition) is 1. The highest BCUT2D eigenvalue weighted by atomic mass is 16.2. The maximum atomic E-state index is 13.1. The summed E-state index contributed by atoms with van der Waals surface area (Å²) in [6.07, 6.45) is 2.17. The van der Waals surface area contributed by atoms with Gasteiger partial charge >= 0.3 is 0 Å². The van der Waals surface area contributed by atoms with Gasteiger partial charge in [0, 0.05) is 11.1 Å². The number of carbonyl (C=O) groups is 1. The van der Waals surface area contributed by atoms with Crippen molar-refractivity contribution in [1.29, 1.82) is 0 Å². The summed E-state index contributed by atoms with van der Waals surface area (Å²) < 4.78 is 0. The molecule has 2 aromatic carbocycles. The first-order valence-electron chi connectivity index (χ1n) is 7.60. The Kier molecular flexibility index (Phi) is 3.40. The van der Waals surface area contributed by atoms with Crippen LogP contribution in [-0.2, 0) is 0 Å². The number of benzene rings is 2. The van der Waals surface area contributed by atoms with Gasteiger partial charge in [0.05, 0.1) is 11.2 Å². The fraction of sp³-hybridized carbons (Fsp3) is 0.250. The normalized spacial score (nSPS) is 16.0. The van der Waals surface area contributed by atoms with Crippen molar-refractivity contribution in [2.75, 3.05) is 4.90 Å². The molecule has 0 aromatic heterocycles. The first-order valence-corrected chi connectivity index (χ1v) is 7.60. The molecule has 0 aliphatic carbocycles. The molecule has 1 aliphatic heterocycles. The highest BCUT2D eigenvalue weighted by Gasteiger charge is 2.36. The van der Waals surface area contributed by atoms with Crippen molar-refractivity contribution >= 4 is 17.2 Å². The smallest absolute Gasteiger partial charge is 0.259 e. The van der Waals surface area contributed by atoms with Gasteiger partial charge in [-0.25, -0.2) is 0 Å². The van der Waals surface area contributed by atoms with Gasteiger partial charge in [-0.2, -0.15) is 0 Å². The molecule has 0 unspecified atom stereocenters. The molecule has 112 valence electrons. The molecule has 0 spiro atoms. The monoisotopic (exact) mass is 291 g/mol. The van der Waals surface area contributed by atoms with E-state index in [-0.39, 0.29) is 11.4 Å². The predicted octanol–water partition coefficient (Wildman–Crippen LogP) is 4.84. The number of fused-ring (bicyclic) bond motifs is 1. The van der Waals surface area contributed by atoms with Crippen LogP contribution in [0.25, 0.3) is 5.57 Å². The van der Waals surface area contributed by atoms with E-state index in [0.29, 0.717) is 0 Å². The average molecular weight is 291 g/mol. The molecule has 0 bridgehead atoms. The molecule has 0 saturated heterocycles. The number of nitrogens with zero attached hydrogens (tertiary/aromatic N) is 1. The number of amides is 1. The van der Waals surface area contributed by atoms with Gasteiger partial charge in [0.2, 0.25) is 0 Å². The molecule has 3 rings (SSSR count). The van der Waals surface area contributed by atoms with Crippen LogP contribution in [0.1, 0.15) is 42.3 Å². The number of allylic oxidation sites excluding steroid dienone is 1. The maximum Gasteiger partial charge on any atom is 0.259 e. The Labute approximate surface area is 132 Å². The van der Waals surface area contributed by atoms with Gasteiger partial charge < -0.3 is 0 Å². The van der Waals surface area contributed by atoms with Crippen LogP contribution in [0, 0.1) is 6.92 Å². The van der Waals surface area contributed by atoms with Gasteiger partial charge in [-0.15, -0.1) is 0 Å². The van der Waals surface area contributed by atoms with Crippen molar-refractivity contribution < 1.29 is 4.79 Å². The van der Waals surface area contributed by atoms with Crippen molar-refractivity contribution in [3.63, 3.8) is 0 Å². The predicted molar refractivity (Wildman–Crippen MR) is 92.2 cm³/mol. The van der Waals surface area contributed by atoms with Crippen LogP contribution in [0.3, 0.4) is 0 Å². The Hall–Kier alpha value is -2.35. The van der Waals surface area contributed by atoms with Crippen LogP contribution in [0.2, 0.25) is 0 Å². The van der Waals surface area contributed by atoms with Gasteiger partial charge in [0.1, 0.15) is 0 Å². The quantitative estimate of drug-likeness (QED) is 0.736. The average Bonchev–Trinajstić information content (AvgIpc) is 2.46.